The zero-order chi connectivity index (χ0) is 40.0. The Kier molecular flexibility index (Phi) is 7.31. The summed E-state index contributed by atoms with van der Waals surface area (Å²) in [4.78, 5) is 10.2. The standard InChI is InChI=1S/C58H34N2O/c1-3-11-51-48(8-1)49-9-2-4-12-52(49)57-56(51)59-34-54(60-57)46-27-25-42-31-40(21-23-44(42)33-46)38-19-17-35-28-37(18-16-36(35)29-38)39-20-22-43-32-45(26-24-41(43)30-39)47-13-7-14-53-50-10-5-6-15-55(50)61-58(47)53/h1-34H. The third-order valence-corrected chi connectivity index (χ3v) is 12.6. The van der Waals surface area contributed by atoms with Crippen LogP contribution in [-0.4, -0.2) is 9.97 Å². The van der Waals surface area contributed by atoms with Gasteiger partial charge in [0.05, 0.1) is 22.9 Å². The van der Waals surface area contributed by atoms with Crippen LogP contribution in [0.5, 0.6) is 0 Å². The molecule has 0 fully saturated rings. The van der Waals surface area contributed by atoms with Gasteiger partial charge in [0.2, 0.25) is 0 Å². The fourth-order valence-corrected chi connectivity index (χ4v) is 9.52. The van der Waals surface area contributed by atoms with Gasteiger partial charge in [-0.2, -0.15) is 0 Å². The molecule has 0 saturated carbocycles. The minimum Gasteiger partial charge on any atom is -0.455 e. The number of furan rings is 1. The van der Waals surface area contributed by atoms with Crippen LogP contribution in [0.25, 0.3) is 131 Å². The van der Waals surface area contributed by atoms with E-state index >= 15 is 0 Å². The second-order valence-corrected chi connectivity index (χ2v) is 16.2. The van der Waals surface area contributed by atoms with Gasteiger partial charge >= 0.3 is 0 Å². The molecule has 0 unspecified atom stereocenters. The number of hydrogen-bond acceptors (Lipinski definition) is 3. The van der Waals surface area contributed by atoms with Gasteiger partial charge in [-0.3, -0.25) is 4.98 Å². The highest BCUT2D eigenvalue weighted by Gasteiger charge is 2.15. The summed E-state index contributed by atoms with van der Waals surface area (Å²) < 4.78 is 6.35. The summed E-state index contributed by atoms with van der Waals surface area (Å²) in [5.74, 6) is 0. The maximum absolute atomic E-state index is 6.35. The number of para-hydroxylation sites is 2. The van der Waals surface area contributed by atoms with E-state index in [0.29, 0.717) is 0 Å². The monoisotopic (exact) mass is 774 g/mol. The molecule has 0 aliphatic carbocycles. The zero-order valence-electron chi connectivity index (χ0n) is 32.9. The number of hydrogen-bond donors (Lipinski definition) is 0. The molecule has 2 heterocycles. The number of rotatable bonds is 4. The normalized spacial score (nSPS) is 11.9. The predicted octanol–water partition coefficient (Wildman–Crippen LogP) is 16.0. The van der Waals surface area contributed by atoms with Crippen LogP contribution in [0.1, 0.15) is 0 Å². The fraction of sp³-hybridized carbons (Fsp3) is 0. The molecule has 3 nitrogen and oxygen atoms in total. The van der Waals surface area contributed by atoms with E-state index in [-0.39, 0.29) is 0 Å². The molecule has 0 spiro atoms. The summed E-state index contributed by atoms with van der Waals surface area (Å²) >= 11 is 0. The second-order valence-electron chi connectivity index (χ2n) is 16.2. The Labute approximate surface area is 350 Å². The minimum atomic E-state index is 0.874. The molecule has 13 rings (SSSR count). The molecule has 2 aromatic heterocycles. The molecule has 3 heteroatoms. The van der Waals surface area contributed by atoms with Gasteiger partial charge in [0.15, 0.2) is 0 Å². The van der Waals surface area contributed by atoms with E-state index in [9.17, 15) is 0 Å². The summed E-state index contributed by atoms with van der Waals surface area (Å²) in [5, 5.41) is 14.2. The van der Waals surface area contributed by atoms with Gasteiger partial charge in [-0.15, -0.1) is 0 Å². The number of fused-ring (bicyclic) bond motifs is 12. The summed E-state index contributed by atoms with van der Waals surface area (Å²) in [6, 6.07) is 72.1. The van der Waals surface area contributed by atoms with E-state index < -0.39 is 0 Å². The average Bonchev–Trinajstić information content (AvgIpc) is 3.72. The lowest BCUT2D eigenvalue weighted by molar-refractivity contribution is 0.670. The van der Waals surface area contributed by atoms with E-state index in [1.54, 1.807) is 0 Å². The van der Waals surface area contributed by atoms with Gasteiger partial charge in [-0.1, -0.05) is 158 Å². The number of benzene rings is 11. The predicted molar refractivity (Wildman–Crippen MR) is 256 cm³/mol. The minimum absolute atomic E-state index is 0.874. The Balaban J connectivity index is 0.789. The van der Waals surface area contributed by atoms with Crippen LogP contribution in [0.15, 0.2) is 211 Å². The van der Waals surface area contributed by atoms with Crippen molar-refractivity contribution in [2.24, 2.45) is 0 Å². The maximum atomic E-state index is 6.35. The van der Waals surface area contributed by atoms with Crippen LogP contribution >= 0.6 is 0 Å². The lowest BCUT2D eigenvalue weighted by Crippen LogP contribution is -1.92. The van der Waals surface area contributed by atoms with Crippen molar-refractivity contribution in [3.05, 3.63) is 206 Å². The molecule has 0 aliphatic heterocycles. The molecule has 13 aromatic rings. The van der Waals surface area contributed by atoms with Crippen molar-refractivity contribution in [1.82, 2.24) is 9.97 Å². The summed E-state index contributed by atoms with van der Waals surface area (Å²) in [7, 11) is 0. The first-order chi connectivity index (χ1) is 30.2. The molecule has 0 aliphatic rings. The van der Waals surface area contributed by atoms with Crippen LogP contribution in [0.2, 0.25) is 0 Å². The lowest BCUT2D eigenvalue weighted by atomic mass is 9.94. The smallest absolute Gasteiger partial charge is 0.143 e. The van der Waals surface area contributed by atoms with Gasteiger partial charge in [0.1, 0.15) is 11.2 Å². The summed E-state index contributed by atoms with van der Waals surface area (Å²) in [6.45, 7) is 0. The first-order valence-electron chi connectivity index (χ1n) is 20.8. The van der Waals surface area contributed by atoms with Gasteiger partial charge in [0, 0.05) is 32.7 Å². The molecule has 282 valence electrons. The topological polar surface area (TPSA) is 38.9 Å². The first kappa shape index (κ1) is 33.8. The molecular formula is C58H34N2O. The highest BCUT2D eigenvalue weighted by atomic mass is 16.3. The molecule has 0 amide bonds. The van der Waals surface area contributed by atoms with Crippen LogP contribution in [-0.2, 0) is 0 Å². The molecule has 0 bridgehead atoms. The lowest BCUT2D eigenvalue weighted by Gasteiger charge is -2.11. The van der Waals surface area contributed by atoms with E-state index in [1.807, 2.05) is 18.3 Å². The average molecular weight is 775 g/mol. The van der Waals surface area contributed by atoms with Crippen LogP contribution in [0, 0.1) is 0 Å². The van der Waals surface area contributed by atoms with Crippen molar-refractivity contribution < 1.29 is 4.42 Å². The second kappa shape index (κ2) is 13.2. The molecule has 61 heavy (non-hydrogen) atoms. The number of aromatic nitrogens is 2. The number of nitrogens with zero attached hydrogens (tertiary/aromatic N) is 2. The van der Waals surface area contributed by atoms with Crippen LogP contribution < -0.4 is 0 Å². The third kappa shape index (κ3) is 5.45. The van der Waals surface area contributed by atoms with E-state index in [0.717, 1.165) is 66.1 Å². The van der Waals surface area contributed by atoms with E-state index in [2.05, 4.69) is 188 Å². The molecule has 0 radical (unpaired) electrons. The Hall–Kier alpha value is -8.14. The summed E-state index contributed by atoms with van der Waals surface area (Å²) in [5.41, 5.74) is 12.7. The quantitative estimate of drug-likeness (QED) is 0.167. The Morgan fingerprint density at radius 1 is 0.311 bits per heavy atom. The van der Waals surface area contributed by atoms with Crippen molar-refractivity contribution in [3.8, 4) is 44.6 Å². The SMILES string of the molecule is c1ccc2c(c1)oc1c(-c3ccc4cc(-c5ccc6cc(-c7ccc8cc(-c9cnc%10c%11ccccc%11c%11ccccc%11c%10n9)ccc8c7)ccc6c5)ccc4c3)cccc12. The van der Waals surface area contributed by atoms with Gasteiger partial charge in [-0.25, -0.2) is 4.98 Å². The van der Waals surface area contributed by atoms with Gasteiger partial charge < -0.3 is 4.42 Å². The Morgan fingerprint density at radius 2 is 0.738 bits per heavy atom. The van der Waals surface area contributed by atoms with E-state index in [1.165, 1.54) is 65.3 Å². The zero-order valence-corrected chi connectivity index (χ0v) is 32.9. The Morgan fingerprint density at radius 3 is 1.31 bits per heavy atom. The molecule has 11 aromatic carbocycles. The maximum Gasteiger partial charge on any atom is 0.143 e. The Bertz CT molecular complexity index is 3920. The molecular weight excluding hydrogens is 741 g/mol. The molecule has 0 atom stereocenters. The first-order valence-corrected chi connectivity index (χ1v) is 20.8. The van der Waals surface area contributed by atoms with Crippen LogP contribution in [0.4, 0.5) is 0 Å². The van der Waals surface area contributed by atoms with Crippen molar-refractivity contribution >= 4 is 86.8 Å². The molecule has 0 N–H and O–H groups in total. The van der Waals surface area contributed by atoms with Crippen molar-refractivity contribution in [3.63, 3.8) is 0 Å². The fourth-order valence-electron chi connectivity index (χ4n) is 9.52. The summed E-state index contributed by atoms with van der Waals surface area (Å²) in [6.07, 6.45) is 1.92. The third-order valence-electron chi connectivity index (χ3n) is 12.6. The highest BCUT2D eigenvalue weighted by Crippen LogP contribution is 2.39. The molecule has 0 saturated heterocycles. The largest absolute Gasteiger partial charge is 0.455 e. The van der Waals surface area contributed by atoms with Gasteiger partial charge in [0.25, 0.3) is 0 Å². The van der Waals surface area contributed by atoms with E-state index in [4.69, 9.17) is 14.4 Å². The van der Waals surface area contributed by atoms with Crippen molar-refractivity contribution in [2.45, 2.75) is 0 Å². The van der Waals surface area contributed by atoms with Crippen LogP contribution in [0.3, 0.4) is 0 Å². The van der Waals surface area contributed by atoms with Gasteiger partial charge in [-0.05, 0) is 113 Å². The van der Waals surface area contributed by atoms with Crippen molar-refractivity contribution in [1.29, 1.82) is 0 Å². The highest BCUT2D eigenvalue weighted by molar-refractivity contribution is 6.23. The van der Waals surface area contributed by atoms with Crippen molar-refractivity contribution in [2.75, 3.05) is 0 Å².